The first kappa shape index (κ1) is 22.9. The average molecular weight is 445 g/mol. The molecule has 3 rings (SSSR count). The molecule has 0 radical (unpaired) electrons. The van der Waals surface area contributed by atoms with Gasteiger partial charge in [-0.2, -0.15) is 0 Å². The molecule has 0 aromatic heterocycles. The maximum Gasteiger partial charge on any atom is 0.253 e. The summed E-state index contributed by atoms with van der Waals surface area (Å²) in [4.78, 5) is 27.0. The van der Waals surface area contributed by atoms with Crippen LogP contribution in [0.5, 0.6) is 11.5 Å². The molecule has 2 amide bonds. The summed E-state index contributed by atoms with van der Waals surface area (Å²) in [5.41, 5.74) is 1.98. The molecule has 1 aliphatic rings. The van der Waals surface area contributed by atoms with Crippen molar-refractivity contribution in [3.05, 3.63) is 58.1 Å². The smallest absolute Gasteiger partial charge is 0.253 e. The summed E-state index contributed by atoms with van der Waals surface area (Å²) in [6, 6.07) is 10.6. The highest BCUT2D eigenvalue weighted by molar-refractivity contribution is 6.32. The summed E-state index contributed by atoms with van der Waals surface area (Å²) in [5.74, 6) is 0.720. The van der Waals surface area contributed by atoms with Gasteiger partial charge in [-0.05, 0) is 56.0 Å². The number of nitrogens with zero attached hydrogens (tertiary/aromatic N) is 1. The van der Waals surface area contributed by atoms with Gasteiger partial charge in [0.2, 0.25) is 0 Å². The van der Waals surface area contributed by atoms with E-state index in [0.29, 0.717) is 47.4 Å². The van der Waals surface area contributed by atoms with Crippen molar-refractivity contribution in [1.29, 1.82) is 0 Å². The normalized spacial score (nSPS) is 13.2. The molecule has 0 bridgehead atoms. The fourth-order valence-electron chi connectivity index (χ4n) is 3.46. The minimum absolute atomic E-state index is 0.0663. The van der Waals surface area contributed by atoms with Crippen molar-refractivity contribution in [1.82, 2.24) is 10.2 Å². The summed E-state index contributed by atoms with van der Waals surface area (Å²) in [6.45, 7) is 6.81. The number of amides is 2. The maximum absolute atomic E-state index is 12.7. The van der Waals surface area contributed by atoms with E-state index in [1.54, 1.807) is 12.1 Å². The zero-order valence-corrected chi connectivity index (χ0v) is 18.8. The highest BCUT2D eigenvalue weighted by atomic mass is 35.5. The number of hydrogen-bond acceptors (Lipinski definition) is 4. The molecule has 0 aliphatic carbocycles. The van der Waals surface area contributed by atoms with Crippen molar-refractivity contribution in [3.63, 3.8) is 0 Å². The van der Waals surface area contributed by atoms with E-state index >= 15 is 0 Å². The van der Waals surface area contributed by atoms with Crippen LogP contribution in [-0.2, 0) is 6.54 Å². The standard InChI is InChI=1S/C24H29ClN2O4/c1-3-13-31-22-20(25)14-19(15-21(22)30-4-2)23(28)26-16-17-7-9-18(10-8-17)24(29)27-11-5-6-12-27/h7-10,14-15H,3-6,11-13,16H2,1-2H3,(H,26,28). The number of hydrogen-bond donors (Lipinski definition) is 1. The third-order valence-electron chi connectivity index (χ3n) is 5.07. The molecular formula is C24H29ClN2O4. The van der Waals surface area contributed by atoms with Crippen LogP contribution in [0.15, 0.2) is 36.4 Å². The van der Waals surface area contributed by atoms with Crippen molar-refractivity contribution in [2.75, 3.05) is 26.3 Å². The molecule has 1 heterocycles. The predicted molar refractivity (Wildman–Crippen MR) is 121 cm³/mol. The molecule has 0 unspecified atom stereocenters. The number of likely N-dealkylation sites (tertiary alicyclic amines) is 1. The van der Waals surface area contributed by atoms with Crippen molar-refractivity contribution in [2.24, 2.45) is 0 Å². The van der Waals surface area contributed by atoms with Crippen LogP contribution < -0.4 is 14.8 Å². The van der Waals surface area contributed by atoms with Crippen molar-refractivity contribution >= 4 is 23.4 Å². The third-order valence-corrected chi connectivity index (χ3v) is 5.35. The molecule has 1 fully saturated rings. The number of nitrogens with one attached hydrogen (secondary N) is 1. The van der Waals surface area contributed by atoms with Crippen LogP contribution in [-0.4, -0.2) is 43.0 Å². The van der Waals surface area contributed by atoms with Gasteiger partial charge in [-0.3, -0.25) is 9.59 Å². The summed E-state index contributed by atoms with van der Waals surface area (Å²) >= 11 is 6.35. The second-order valence-corrected chi connectivity index (χ2v) is 7.85. The van der Waals surface area contributed by atoms with Crippen molar-refractivity contribution in [2.45, 2.75) is 39.7 Å². The van der Waals surface area contributed by atoms with Gasteiger partial charge in [0.15, 0.2) is 11.5 Å². The molecule has 166 valence electrons. The zero-order chi connectivity index (χ0) is 22.2. The fraction of sp³-hybridized carbons (Fsp3) is 0.417. The Hall–Kier alpha value is -2.73. The fourth-order valence-corrected chi connectivity index (χ4v) is 3.72. The number of halogens is 1. The molecule has 2 aromatic carbocycles. The Balaban J connectivity index is 1.64. The van der Waals surface area contributed by atoms with Crippen molar-refractivity contribution < 1.29 is 19.1 Å². The van der Waals surface area contributed by atoms with Gasteiger partial charge in [0.05, 0.1) is 18.2 Å². The van der Waals surface area contributed by atoms with Gasteiger partial charge in [-0.15, -0.1) is 0 Å². The van der Waals surface area contributed by atoms with Gasteiger partial charge in [0.25, 0.3) is 11.8 Å². The Bertz CT molecular complexity index is 909. The zero-order valence-electron chi connectivity index (χ0n) is 18.1. The van der Waals surface area contributed by atoms with E-state index in [4.69, 9.17) is 21.1 Å². The molecule has 7 heteroatoms. The average Bonchev–Trinajstić information content (AvgIpc) is 3.32. The second-order valence-electron chi connectivity index (χ2n) is 7.45. The molecular weight excluding hydrogens is 416 g/mol. The molecule has 2 aromatic rings. The molecule has 1 saturated heterocycles. The molecule has 0 atom stereocenters. The molecule has 1 aliphatic heterocycles. The number of carbonyl (C=O) groups is 2. The van der Waals surface area contributed by atoms with Crippen LogP contribution in [0.3, 0.4) is 0 Å². The van der Waals surface area contributed by atoms with E-state index in [1.165, 1.54) is 0 Å². The first-order valence-electron chi connectivity index (χ1n) is 10.8. The number of benzene rings is 2. The lowest BCUT2D eigenvalue weighted by Gasteiger charge is -2.16. The van der Waals surface area contributed by atoms with E-state index in [9.17, 15) is 9.59 Å². The Morgan fingerprint density at radius 3 is 2.39 bits per heavy atom. The largest absolute Gasteiger partial charge is 0.490 e. The van der Waals surface area contributed by atoms with Crippen LogP contribution in [0.4, 0.5) is 0 Å². The Kier molecular flexibility index (Phi) is 8.18. The lowest BCUT2D eigenvalue weighted by molar-refractivity contribution is 0.0792. The number of rotatable bonds is 9. The van der Waals surface area contributed by atoms with Gasteiger partial charge < -0.3 is 19.7 Å². The Morgan fingerprint density at radius 2 is 1.74 bits per heavy atom. The summed E-state index contributed by atoms with van der Waals surface area (Å²) in [6.07, 6.45) is 2.97. The summed E-state index contributed by atoms with van der Waals surface area (Å²) < 4.78 is 11.3. The van der Waals surface area contributed by atoms with Gasteiger partial charge in [0.1, 0.15) is 0 Å². The monoisotopic (exact) mass is 444 g/mol. The topological polar surface area (TPSA) is 67.9 Å². The Morgan fingerprint density at radius 1 is 1.03 bits per heavy atom. The van der Waals surface area contributed by atoms with E-state index in [0.717, 1.165) is 37.9 Å². The minimum atomic E-state index is -0.262. The third kappa shape index (κ3) is 5.91. The summed E-state index contributed by atoms with van der Waals surface area (Å²) in [7, 11) is 0. The highest BCUT2D eigenvalue weighted by Crippen LogP contribution is 2.36. The maximum atomic E-state index is 12.7. The molecule has 0 spiro atoms. The second kappa shape index (κ2) is 11.0. The minimum Gasteiger partial charge on any atom is -0.490 e. The van der Waals surface area contributed by atoms with E-state index in [2.05, 4.69) is 5.32 Å². The SMILES string of the molecule is CCCOc1c(Cl)cc(C(=O)NCc2ccc(C(=O)N3CCCC3)cc2)cc1OCC. The van der Waals surface area contributed by atoms with Crippen LogP contribution in [0.25, 0.3) is 0 Å². The lowest BCUT2D eigenvalue weighted by atomic mass is 10.1. The van der Waals surface area contributed by atoms with Crippen LogP contribution in [0, 0.1) is 0 Å². The first-order chi connectivity index (χ1) is 15.0. The van der Waals surface area contributed by atoms with Gasteiger partial charge >= 0.3 is 0 Å². The van der Waals surface area contributed by atoms with E-state index < -0.39 is 0 Å². The molecule has 1 N–H and O–H groups in total. The molecule has 31 heavy (non-hydrogen) atoms. The predicted octanol–water partition coefficient (Wildman–Crippen LogP) is 4.69. The summed E-state index contributed by atoms with van der Waals surface area (Å²) in [5, 5.41) is 3.23. The van der Waals surface area contributed by atoms with Gasteiger partial charge in [-0.25, -0.2) is 0 Å². The first-order valence-corrected chi connectivity index (χ1v) is 11.2. The number of carbonyl (C=O) groups excluding carboxylic acids is 2. The van der Waals surface area contributed by atoms with E-state index in [-0.39, 0.29) is 11.8 Å². The quantitative estimate of drug-likeness (QED) is 0.609. The molecule has 0 saturated carbocycles. The van der Waals surface area contributed by atoms with E-state index in [1.807, 2.05) is 43.0 Å². The van der Waals surface area contributed by atoms with Gasteiger partial charge in [0, 0.05) is 30.8 Å². The van der Waals surface area contributed by atoms with Crippen LogP contribution in [0.2, 0.25) is 5.02 Å². The number of ether oxygens (including phenoxy) is 2. The van der Waals surface area contributed by atoms with Crippen LogP contribution in [0.1, 0.15) is 59.4 Å². The van der Waals surface area contributed by atoms with Gasteiger partial charge in [-0.1, -0.05) is 30.7 Å². The highest BCUT2D eigenvalue weighted by Gasteiger charge is 2.19. The molecule has 6 nitrogen and oxygen atoms in total. The van der Waals surface area contributed by atoms with Crippen molar-refractivity contribution in [3.8, 4) is 11.5 Å². The lowest BCUT2D eigenvalue weighted by Crippen LogP contribution is -2.27. The van der Waals surface area contributed by atoms with Crippen LogP contribution >= 0.6 is 11.6 Å². The Labute approximate surface area is 188 Å².